The Kier molecular flexibility index (Phi) is 2.49. The van der Waals surface area contributed by atoms with E-state index in [0.717, 1.165) is 6.07 Å². The quantitative estimate of drug-likeness (QED) is 0.666. The summed E-state index contributed by atoms with van der Waals surface area (Å²) in [5.74, 6) is -1.32. The molecule has 0 aliphatic heterocycles. The molecule has 0 saturated heterocycles. The lowest BCUT2D eigenvalue weighted by molar-refractivity contribution is 0.0688. The molecule has 0 saturated carbocycles. The Balaban J connectivity index is 3.21. The fourth-order valence-corrected chi connectivity index (χ4v) is 1.18. The molecule has 0 bridgehead atoms. The molecule has 0 aliphatic carbocycles. The van der Waals surface area contributed by atoms with Crippen LogP contribution in [0.15, 0.2) is 18.2 Å². The largest absolute Gasteiger partial charge is 0.508 e. The molecule has 0 spiro atoms. The van der Waals surface area contributed by atoms with E-state index in [1.165, 1.54) is 26.0 Å². The monoisotopic (exact) mass is 196 g/mol. The van der Waals surface area contributed by atoms with Crippen molar-refractivity contribution in [3.63, 3.8) is 0 Å². The van der Waals surface area contributed by atoms with Gasteiger partial charge in [-0.1, -0.05) is 6.07 Å². The van der Waals surface area contributed by atoms with Gasteiger partial charge >= 0.3 is 5.97 Å². The Hall–Kier alpha value is -1.55. The topological polar surface area (TPSA) is 77.8 Å². The summed E-state index contributed by atoms with van der Waals surface area (Å²) in [6.07, 6.45) is 0. The predicted octanol–water partition coefficient (Wildman–Crippen LogP) is 1.32. The molecule has 0 aliphatic rings. The highest BCUT2D eigenvalue weighted by molar-refractivity contribution is 5.88. The smallest absolute Gasteiger partial charge is 0.335 e. The van der Waals surface area contributed by atoms with Crippen molar-refractivity contribution in [3.05, 3.63) is 29.3 Å². The number of hydrogen-bond acceptors (Lipinski definition) is 3. The minimum atomic E-state index is -1.18. The van der Waals surface area contributed by atoms with Gasteiger partial charge in [0.25, 0.3) is 0 Å². The Morgan fingerprint density at radius 2 is 1.93 bits per heavy atom. The predicted molar refractivity (Wildman–Crippen MR) is 50.3 cm³/mol. The zero-order valence-corrected chi connectivity index (χ0v) is 7.98. The number of rotatable bonds is 2. The van der Waals surface area contributed by atoms with Crippen LogP contribution >= 0.6 is 0 Å². The number of phenolic OH excluding ortho intramolecular Hbond substituents is 1. The van der Waals surface area contributed by atoms with Gasteiger partial charge in [0.1, 0.15) is 5.75 Å². The van der Waals surface area contributed by atoms with Crippen LogP contribution in [0.5, 0.6) is 5.75 Å². The molecule has 1 aromatic carbocycles. The summed E-state index contributed by atoms with van der Waals surface area (Å²) < 4.78 is 0. The molecule has 0 heterocycles. The summed E-state index contributed by atoms with van der Waals surface area (Å²) in [5.41, 5.74) is -0.876. The molecule has 0 unspecified atom stereocenters. The van der Waals surface area contributed by atoms with Gasteiger partial charge in [0.2, 0.25) is 0 Å². The summed E-state index contributed by atoms with van der Waals surface area (Å²) in [7, 11) is 0. The Morgan fingerprint density at radius 3 is 2.29 bits per heavy atom. The maximum Gasteiger partial charge on any atom is 0.335 e. The average molecular weight is 196 g/mol. The second-order valence-electron chi connectivity index (χ2n) is 3.60. The number of aromatic hydroxyl groups is 1. The molecule has 0 atom stereocenters. The zero-order valence-electron chi connectivity index (χ0n) is 7.98. The van der Waals surface area contributed by atoms with Gasteiger partial charge in [-0.15, -0.1) is 0 Å². The lowest BCUT2D eigenvalue weighted by Gasteiger charge is -2.19. The zero-order chi connectivity index (χ0) is 10.9. The van der Waals surface area contributed by atoms with E-state index >= 15 is 0 Å². The van der Waals surface area contributed by atoms with Crippen molar-refractivity contribution in [2.24, 2.45) is 0 Å². The van der Waals surface area contributed by atoms with Crippen LogP contribution < -0.4 is 0 Å². The highest BCUT2D eigenvalue weighted by Crippen LogP contribution is 2.29. The van der Waals surface area contributed by atoms with Crippen molar-refractivity contribution in [1.82, 2.24) is 0 Å². The summed E-state index contributed by atoms with van der Waals surface area (Å²) in [6, 6.07) is 3.86. The van der Waals surface area contributed by atoms with Gasteiger partial charge in [-0.05, 0) is 26.0 Å². The third-order valence-electron chi connectivity index (χ3n) is 1.90. The van der Waals surface area contributed by atoms with Gasteiger partial charge in [0.05, 0.1) is 11.2 Å². The molecule has 0 aromatic heterocycles. The Labute approximate surface area is 81.4 Å². The fourth-order valence-electron chi connectivity index (χ4n) is 1.18. The first-order chi connectivity index (χ1) is 6.32. The number of phenols is 1. The Morgan fingerprint density at radius 1 is 1.36 bits per heavy atom. The average Bonchev–Trinajstić information content (AvgIpc) is 2.01. The van der Waals surface area contributed by atoms with Crippen LogP contribution in [0.3, 0.4) is 0 Å². The van der Waals surface area contributed by atoms with E-state index in [0.29, 0.717) is 5.56 Å². The fraction of sp³-hybridized carbons (Fsp3) is 0.300. The van der Waals surface area contributed by atoms with Crippen LogP contribution in [0.2, 0.25) is 0 Å². The maximum atomic E-state index is 10.5. The molecule has 0 amide bonds. The second kappa shape index (κ2) is 3.31. The van der Waals surface area contributed by atoms with Crippen molar-refractivity contribution in [3.8, 4) is 5.75 Å². The molecule has 0 radical (unpaired) electrons. The van der Waals surface area contributed by atoms with E-state index in [1.54, 1.807) is 0 Å². The minimum absolute atomic E-state index is 0.00417. The maximum absolute atomic E-state index is 10.5. The van der Waals surface area contributed by atoms with Gasteiger partial charge in [-0.25, -0.2) is 4.79 Å². The summed E-state index contributed by atoms with van der Waals surface area (Å²) >= 11 is 0. The summed E-state index contributed by atoms with van der Waals surface area (Å²) in [4.78, 5) is 10.5. The molecule has 0 fully saturated rings. The van der Waals surface area contributed by atoms with Gasteiger partial charge in [0.15, 0.2) is 0 Å². The highest BCUT2D eigenvalue weighted by Gasteiger charge is 2.20. The van der Waals surface area contributed by atoms with Gasteiger partial charge in [0, 0.05) is 5.56 Å². The van der Waals surface area contributed by atoms with E-state index in [4.69, 9.17) is 5.11 Å². The van der Waals surface area contributed by atoms with E-state index < -0.39 is 11.6 Å². The van der Waals surface area contributed by atoms with Crippen LogP contribution in [0, 0.1) is 0 Å². The first-order valence-corrected chi connectivity index (χ1v) is 4.11. The molecule has 3 N–H and O–H groups in total. The number of carboxylic acids is 1. The number of benzene rings is 1. The number of aromatic carboxylic acids is 1. The molecule has 4 nitrogen and oxygen atoms in total. The molecule has 4 heteroatoms. The minimum Gasteiger partial charge on any atom is -0.508 e. The van der Waals surface area contributed by atoms with Crippen molar-refractivity contribution < 1.29 is 20.1 Å². The van der Waals surface area contributed by atoms with E-state index in [2.05, 4.69) is 0 Å². The third kappa shape index (κ3) is 2.03. The van der Waals surface area contributed by atoms with E-state index in [-0.39, 0.29) is 11.3 Å². The number of carbonyl (C=O) groups is 1. The number of aliphatic hydroxyl groups is 1. The van der Waals surface area contributed by atoms with Crippen molar-refractivity contribution >= 4 is 5.97 Å². The van der Waals surface area contributed by atoms with E-state index in [9.17, 15) is 15.0 Å². The van der Waals surface area contributed by atoms with Gasteiger partial charge in [-0.2, -0.15) is 0 Å². The van der Waals surface area contributed by atoms with Crippen LogP contribution in [0.4, 0.5) is 0 Å². The molecule has 76 valence electrons. The normalized spacial score (nSPS) is 11.4. The molecular formula is C10H12O4. The third-order valence-corrected chi connectivity index (χ3v) is 1.90. The lowest BCUT2D eigenvalue weighted by Crippen LogP contribution is -2.15. The SMILES string of the molecule is CC(C)(O)c1ccc(C(=O)O)cc1O. The van der Waals surface area contributed by atoms with Crippen molar-refractivity contribution in [2.45, 2.75) is 19.4 Å². The standard InChI is InChI=1S/C10H12O4/c1-10(2,14)7-4-3-6(9(12)13)5-8(7)11/h3-5,11,14H,1-2H3,(H,12,13). The first-order valence-electron chi connectivity index (χ1n) is 4.11. The molecular weight excluding hydrogens is 184 g/mol. The number of hydrogen-bond donors (Lipinski definition) is 3. The highest BCUT2D eigenvalue weighted by atomic mass is 16.4. The van der Waals surface area contributed by atoms with E-state index in [1.807, 2.05) is 0 Å². The summed E-state index contributed by atoms with van der Waals surface area (Å²) in [5, 5.41) is 27.7. The van der Waals surface area contributed by atoms with Crippen LogP contribution in [-0.4, -0.2) is 21.3 Å². The second-order valence-corrected chi connectivity index (χ2v) is 3.60. The van der Waals surface area contributed by atoms with Crippen molar-refractivity contribution in [1.29, 1.82) is 0 Å². The van der Waals surface area contributed by atoms with Crippen molar-refractivity contribution in [2.75, 3.05) is 0 Å². The first kappa shape index (κ1) is 10.5. The Bertz CT molecular complexity index is 363. The van der Waals surface area contributed by atoms with Crippen LogP contribution in [0.25, 0.3) is 0 Å². The van der Waals surface area contributed by atoms with Crippen LogP contribution in [0.1, 0.15) is 29.8 Å². The van der Waals surface area contributed by atoms with Gasteiger partial charge < -0.3 is 15.3 Å². The molecule has 1 rings (SSSR count). The number of carboxylic acid groups (broad SMARTS) is 1. The molecule has 14 heavy (non-hydrogen) atoms. The van der Waals surface area contributed by atoms with Crippen LogP contribution in [-0.2, 0) is 5.60 Å². The summed E-state index contributed by atoms with van der Waals surface area (Å²) in [6.45, 7) is 3.03. The molecule has 1 aromatic rings. The van der Waals surface area contributed by atoms with Gasteiger partial charge in [-0.3, -0.25) is 0 Å². The lowest BCUT2D eigenvalue weighted by atomic mass is 9.96.